The molecule has 1 unspecified atom stereocenters. The summed E-state index contributed by atoms with van der Waals surface area (Å²) in [6.45, 7) is 4.51. The molecule has 1 aromatic carbocycles. The maximum Gasteiger partial charge on any atom is 0.124 e. The number of nitrogens with zero attached hydrogens (tertiary/aromatic N) is 1. The van der Waals surface area contributed by atoms with Crippen LogP contribution in [-0.2, 0) is 0 Å². The van der Waals surface area contributed by atoms with Crippen molar-refractivity contribution in [2.24, 2.45) is 5.41 Å². The molecule has 0 saturated heterocycles. The number of hydrogen-bond donors (Lipinski definition) is 1. The third kappa shape index (κ3) is 2.76. The lowest BCUT2D eigenvalue weighted by atomic mass is 9.92. The highest BCUT2D eigenvalue weighted by molar-refractivity contribution is 5.58. The van der Waals surface area contributed by atoms with Crippen molar-refractivity contribution < 1.29 is 4.39 Å². The van der Waals surface area contributed by atoms with Crippen LogP contribution in [0.4, 0.5) is 10.1 Å². The molecule has 1 fully saturated rings. The molecule has 1 aliphatic rings. The second kappa shape index (κ2) is 4.37. The zero-order valence-corrected chi connectivity index (χ0v) is 10.3. The minimum atomic E-state index is -0.362. The van der Waals surface area contributed by atoms with E-state index in [1.54, 1.807) is 6.07 Å². The van der Waals surface area contributed by atoms with Crippen molar-refractivity contribution >= 4 is 5.69 Å². The van der Waals surface area contributed by atoms with E-state index in [2.05, 4.69) is 19.2 Å². The Labute approximate surface area is 101 Å². The fraction of sp³-hybridized carbons (Fsp3) is 0.500. The highest BCUT2D eigenvalue weighted by atomic mass is 19.1. The van der Waals surface area contributed by atoms with E-state index >= 15 is 0 Å². The molecule has 90 valence electrons. The molecule has 2 nitrogen and oxygen atoms in total. The first-order valence-corrected chi connectivity index (χ1v) is 5.96. The third-order valence-corrected chi connectivity index (χ3v) is 3.43. The van der Waals surface area contributed by atoms with Gasteiger partial charge in [-0.05, 0) is 42.9 Å². The Morgan fingerprint density at radius 3 is 2.82 bits per heavy atom. The van der Waals surface area contributed by atoms with Gasteiger partial charge in [-0.15, -0.1) is 0 Å². The van der Waals surface area contributed by atoms with Crippen LogP contribution in [0.3, 0.4) is 0 Å². The van der Waals surface area contributed by atoms with Crippen LogP contribution in [0, 0.1) is 22.6 Å². The first-order valence-electron chi connectivity index (χ1n) is 5.96. The van der Waals surface area contributed by atoms with Crippen LogP contribution in [0.15, 0.2) is 18.2 Å². The van der Waals surface area contributed by atoms with E-state index in [1.807, 2.05) is 6.07 Å². The quantitative estimate of drug-likeness (QED) is 0.844. The topological polar surface area (TPSA) is 35.8 Å². The summed E-state index contributed by atoms with van der Waals surface area (Å²) in [6.07, 6.45) is 3.39. The van der Waals surface area contributed by atoms with E-state index < -0.39 is 0 Å². The fourth-order valence-corrected chi connectivity index (χ4v) is 2.51. The minimum Gasteiger partial charge on any atom is -0.381 e. The molecule has 3 heteroatoms. The van der Waals surface area contributed by atoms with E-state index in [-0.39, 0.29) is 5.82 Å². The van der Waals surface area contributed by atoms with Gasteiger partial charge >= 0.3 is 0 Å². The summed E-state index contributed by atoms with van der Waals surface area (Å²) in [7, 11) is 0. The number of hydrogen-bond acceptors (Lipinski definition) is 2. The Morgan fingerprint density at radius 1 is 1.47 bits per heavy atom. The number of benzene rings is 1. The molecular weight excluding hydrogens is 215 g/mol. The van der Waals surface area contributed by atoms with Crippen molar-refractivity contribution in [3.05, 3.63) is 29.6 Å². The summed E-state index contributed by atoms with van der Waals surface area (Å²) >= 11 is 0. The normalized spacial score (nSPS) is 22.1. The van der Waals surface area contributed by atoms with Gasteiger partial charge < -0.3 is 5.32 Å². The van der Waals surface area contributed by atoms with Crippen molar-refractivity contribution in [3.8, 4) is 6.07 Å². The van der Waals surface area contributed by atoms with Crippen LogP contribution >= 0.6 is 0 Å². The second-order valence-corrected chi connectivity index (χ2v) is 5.55. The average Bonchev–Trinajstić information content (AvgIpc) is 2.61. The summed E-state index contributed by atoms with van der Waals surface area (Å²) in [6, 6.07) is 6.74. The molecule has 0 bridgehead atoms. The highest BCUT2D eigenvalue weighted by Gasteiger charge is 2.30. The van der Waals surface area contributed by atoms with Crippen molar-refractivity contribution in [2.45, 2.75) is 39.2 Å². The number of nitriles is 1. The molecule has 0 heterocycles. The zero-order valence-electron chi connectivity index (χ0n) is 10.3. The Bertz CT molecular complexity index is 460. The molecular formula is C14H17FN2. The standard InChI is InChI=1S/C14H17FN2/c1-14(2)6-5-12(8-14)17-13-4-3-11(15)7-10(13)9-16/h3-4,7,12,17H,5-6,8H2,1-2H3. The molecule has 1 saturated carbocycles. The van der Waals surface area contributed by atoms with Gasteiger partial charge in [0.15, 0.2) is 0 Å². The van der Waals surface area contributed by atoms with Crippen LogP contribution in [0.2, 0.25) is 0 Å². The van der Waals surface area contributed by atoms with Crippen molar-refractivity contribution in [3.63, 3.8) is 0 Å². The summed E-state index contributed by atoms with van der Waals surface area (Å²) in [5.41, 5.74) is 1.50. The van der Waals surface area contributed by atoms with Gasteiger partial charge in [0.1, 0.15) is 11.9 Å². The Balaban J connectivity index is 2.12. The Hall–Kier alpha value is -1.56. The molecule has 2 rings (SSSR count). The van der Waals surface area contributed by atoms with Gasteiger partial charge in [-0.1, -0.05) is 13.8 Å². The van der Waals surface area contributed by atoms with Crippen LogP contribution in [0.25, 0.3) is 0 Å². The average molecular weight is 232 g/mol. The lowest BCUT2D eigenvalue weighted by molar-refractivity contribution is 0.378. The second-order valence-electron chi connectivity index (χ2n) is 5.55. The monoisotopic (exact) mass is 232 g/mol. The van der Waals surface area contributed by atoms with Crippen LogP contribution in [0.1, 0.15) is 38.7 Å². The van der Waals surface area contributed by atoms with E-state index in [0.717, 1.165) is 18.5 Å². The van der Waals surface area contributed by atoms with Gasteiger partial charge in [0.25, 0.3) is 0 Å². The number of rotatable bonds is 2. The fourth-order valence-electron chi connectivity index (χ4n) is 2.51. The Morgan fingerprint density at radius 2 is 2.24 bits per heavy atom. The summed E-state index contributed by atoms with van der Waals surface area (Å²) in [4.78, 5) is 0. The Kier molecular flexibility index (Phi) is 3.06. The summed E-state index contributed by atoms with van der Waals surface area (Å²) in [5, 5.41) is 12.3. The smallest absolute Gasteiger partial charge is 0.124 e. The summed E-state index contributed by atoms with van der Waals surface area (Å²) in [5.74, 6) is -0.362. The maximum atomic E-state index is 13.0. The van der Waals surface area contributed by atoms with Gasteiger partial charge in [-0.3, -0.25) is 0 Å². The predicted molar refractivity (Wildman–Crippen MR) is 66.2 cm³/mol. The lowest BCUT2D eigenvalue weighted by Crippen LogP contribution is -2.18. The first kappa shape index (κ1) is 11.9. The third-order valence-electron chi connectivity index (χ3n) is 3.43. The molecule has 17 heavy (non-hydrogen) atoms. The van der Waals surface area contributed by atoms with Crippen LogP contribution in [-0.4, -0.2) is 6.04 Å². The number of anilines is 1. The molecule has 1 N–H and O–H groups in total. The van der Waals surface area contributed by atoms with Gasteiger partial charge in [-0.25, -0.2) is 4.39 Å². The van der Waals surface area contributed by atoms with E-state index in [4.69, 9.17) is 5.26 Å². The molecule has 0 spiro atoms. The van der Waals surface area contributed by atoms with Gasteiger partial charge in [0, 0.05) is 6.04 Å². The molecule has 1 aliphatic carbocycles. The highest BCUT2D eigenvalue weighted by Crippen LogP contribution is 2.38. The first-order chi connectivity index (χ1) is 8.00. The molecule has 0 aliphatic heterocycles. The van der Waals surface area contributed by atoms with Gasteiger partial charge in [-0.2, -0.15) is 5.26 Å². The maximum absolute atomic E-state index is 13.0. The molecule has 1 atom stereocenters. The van der Waals surface area contributed by atoms with Crippen molar-refractivity contribution in [1.82, 2.24) is 0 Å². The van der Waals surface area contributed by atoms with E-state index in [0.29, 0.717) is 17.0 Å². The van der Waals surface area contributed by atoms with Gasteiger partial charge in [0.2, 0.25) is 0 Å². The van der Waals surface area contributed by atoms with E-state index in [1.165, 1.54) is 18.6 Å². The van der Waals surface area contributed by atoms with Crippen LogP contribution in [0.5, 0.6) is 0 Å². The summed E-state index contributed by atoms with van der Waals surface area (Å²) < 4.78 is 13.0. The minimum absolute atomic E-state index is 0.362. The molecule has 0 aromatic heterocycles. The molecule has 1 aromatic rings. The SMILES string of the molecule is CC1(C)CCC(Nc2ccc(F)cc2C#N)C1. The lowest BCUT2D eigenvalue weighted by Gasteiger charge is -2.19. The number of halogens is 1. The zero-order chi connectivity index (χ0) is 12.5. The predicted octanol–water partition coefficient (Wildman–Crippen LogP) is 3.69. The van der Waals surface area contributed by atoms with E-state index in [9.17, 15) is 4.39 Å². The van der Waals surface area contributed by atoms with Crippen molar-refractivity contribution in [2.75, 3.05) is 5.32 Å². The molecule has 0 amide bonds. The largest absolute Gasteiger partial charge is 0.381 e. The van der Waals surface area contributed by atoms with Crippen LogP contribution < -0.4 is 5.32 Å². The number of nitrogens with one attached hydrogen (secondary N) is 1. The van der Waals surface area contributed by atoms with Gasteiger partial charge in [0.05, 0.1) is 11.3 Å². The molecule has 0 radical (unpaired) electrons. The van der Waals surface area contributed by atoms with Crippen molar-refractivity contribution in [1.29, 1.82) is 5.26 Å².